The summed E-state index contributed by atoms with van der Waals surface area (Å²) in [7, 11) is 0. The van der Waals surface area contributed by atoms with Crippen LogP contribution in [0.5, 0.6) is 0 Å². The maximum atomic E-state index is 13.0. The largest absolute Gasteiger partial charge is 0.327 e. The second kappa shape index (κ2) is 6.90. The number of carbonyl (C=O) groups excluding carboxylic acids is 1. The Morgan fingerprint density at radius 3 is 2.57 bits per heavy atom. The van der Waals surface area contributed by atoms with Crippen LogP contribution in [0, 0.1) is 19.3 Å². The summed E-state index contributed by atoms with van der Waals surface area (Å²) >= 11 is 1.41. The SMILES string of the molecule is C#CCCN1CN(c2snc(CC)c2C)C(=O)N(C(C)(C)C)C1. The first-order valence-corrected chi connectivity index (χ1v) is 8.77. The monoisotopic (exact) mass is 334 g/mol. The molecule has 1 aromatic rings. The predicted molar refractivity (Wildman–Crippen MR) is 95.6 cm³/mol. The molecule has 0 spiro atoms. The number of aromatic nitrogens is 1. The zero-order valence-corrected chi connectivity index (χ0v) is 15.5. The van der Waals surface area contributed by atoms with Gasteiger partial charge >= 0.3 is 6.03 Å². The molecule has 126 valence electrons. The second-order valence-electron chi connectivity index (χ2n) is 6.85. The van der Waals surface area contributed by atoms with E-state index in [-0.39, 0.29) is 11.6 Å². The number of amides is 2. The molecule has 1 aromatic heterocycles. The number of rotatable bonds is 4. The van der Waals surface area contributed by atoms with Crippen LogP contribution in [0.1, 0.15) is 45.4 Å². The summed E-state index contributed by atoms with van der Waals surface area (Å²) in [6, 6.07) is 0.0452. The Morgan fingerprint density at radius 2 is 2.04 bits per heavy atom. The summed E-state index contributed by atoms with van der Waals surface area (Å²) in [5, 5.41) is 0.950. The molecule has 0 aliphatic carbocycles. The number of aryl methyl sites for hydroxylation is 1. The fourth-order valence-electron chi connectivity index (χ4n) is 2.67. The number of carbonyl (C=O) groups is 1. The number of urea groups is 1. The van der Waals surface area contributed by atoms with Crippen molar-refractivity contribution in [2.75, 3.05) is 24.8 Å². The number of terminal acetylenes is 1. The van der Waals surface area contributed by atoms with Crippen LogP contribution >= 0.6 is 11.5 Å². The average molecular weight is 334 g/mol. The van der Waals surface area contributed by atoms with Crippen molar-refractivity contribution in [3.8, 4) is 12.3 Å². The lowest BCUT2D eigenvalue weighted by Gasteiger charge is -2.47. The fourth-order valence-corrected chi connectivity index (χ4v) is 3.62. The smallest absolute Gasteiger partial charge is 0.306 e. The average Bonchev–Trinajstić information content (AvgIpc) is 2.85. The van der Waals surface area contributed by atoms with Crippen LogP contribution in [0.2, 0.25) is 0 Å². The molecule has 2 rings (SSSR count). The Morgan fingerprint density at radius 1 is 1.35 bits per heavy atom. The van der Waals surface area contributed by atoms with Gasteiger partial charge in [-0.3, -0.25) is 9.80 Å². The number of anilines is 1. The molecular weight excluding hydrogens is 308 g/mol. The predicted octanol–water partition coefficient (Wildman–Crippen LogP) is 3.29. The third-order valence-corrected chi connectivity index (χ3v) is 5.11. The van der Waals surface area contributed by atoms with Gasteiger partial charge in [0.25, 0.3) is 0 Å². The van der Waals surface area contributed by atoms with Crippen molar-refractivity contribution in [1.82, 2.24) is 14.2 Å². The zero-order valence-electron chi connectivity index (χ0n) is 14.7. The van der Waals surface area contributed by atoms with Gasteiger partial charge in [-0.25, -0.2) is 4.79 Å². The Bertz CT molecular complexity index is 611. The highest BCUT2D eigenvalue weighted by Crippen LogP contribution is 2.32. The molecule has 0 saturated carbocycles. The Kier molecular flexibility index (Phi) is 5.33. The van der Waals surface area contributed by atoms with Crippen LogP contribution in [0.4, 0.5) is 9.80 Å². The normalized spacial score (nSPS) is 16.8. The molecule has 6 heteroatoms. The molecule has 1 aliphatic rings. The second-order valence-corrected chi connectivity index (χ2v) is 7.61. The number of nitrogens with zero attached hydrogens (tertiary/aromatic N) is 4. The first kappa shape index (κ1) is 17.8. The van der Waals surface area contributed by atoms with Gasteiger partial charge in [0.2, 0.25) is 0 Å². The summed E-state index contributed by atoms with van der Waals surface area (Å²) in [6.45, 7) is 12.3. The van der Waals surface area contributed by atoms with Crippen molar-refractivity contribution in [3.05, 3.63) is 11.3 Å². The minimum atomic E-state index is -0.240. The molecule has 0 N–H and O–H groups in total. The van der Waals surface area contributed by atoms with Crippen molar-refractivity contribution >= 4 is 22.6 Å². The van der Waals surface area contributed by atoms with Crippen LogP contribution in [-0.2, 0) is 6.42 Å². The van der Waals surface area contributed by atoms with E-state index in [9.17, 15) is 4.79 Å². The van der Waals surface area contributed by atoms with Gasteiger partial charge in [0.05, 0.1) is 19.0 Å². The zero-order chi connectivity index (χ0) is 17.2. The van der Waals surface area contributed by atoms with E-state index >= 15 is 0 Å². The third kappa shape index (κ3) is 3.67. The lowest BCUT2D eigenvalue weighted by Crippen LogP contribution is -2.63. The highest BCUT2D eigenvalue weighted by atomic mass is 32.1. The summed E-state index contributed by atoms with van der Waals surface area (Å²) < 4.78 is 4.50. The molecule has 0 aromatic carbocycles. The van der Waals surface area contributed by atoms with Gasteiger partial charge in [-0.1, -0.05) is 6.92 Å². The maximum absolute atomic E-state index is 13.0. The molecule has 2 amide bonds. The molecule has 2 heterocycles. The van der Waals surface area contributed by atoms with E-state index in [1.54, 1.807) is 0 Å². The van der Waals surface area contributed by atoms with Gasteiger partial charge in [0, 0.05) is 24.1 Å². The summed E-state index contributed by atoms with van der Waals surface area (Å²) in [5.41, 5.74) is 1.94. The van der Waals surface area contributed by atoms with Gasteiger partial charge < -0.3 is 4.90 Å². The van der Waals surface area contributed by atoms with E-state index in [4.69, 9.17) is 6.42 Å². The lowest BCUT2D eigenvalue weighted by molar-refractivity contribution is 0.0649. The number of hydrogen-bond donors (Lipinski definition) is 0. The van der Waals surface area contributed by atoms with E-state index in [0.29, 0.717) is 19.8 Å². The van der Waals surface area contributed by atoms with Crippen LogP contribution in [0.25, 0.3) is 0 Å². The van der Waals surface area contributed by atoms with Crippen molar-refractivity contribution in [3.63, 3.8) is 0 Å². The standard InChI is InChI=1S/C17H26N4OS/c1-7-9-10-19-11-20(15-13(3)14(8-2)18-23-15)16(22)21(12-19)17(4,5)6/h1H,8-12H2,2-6H3. The quantitative estimate of drug-likeness (QED) is 0.793. The Hall–Kier alpha value is -1.58. The van der Waals surface area contributed by atoms with Crippen molar-refractivity contribution in [1.29, 1.82) is 0 Å². The van der Waals surface area contributed by atoms with E-state index in [0.717, 1.165) is 29.2 Å². The fraction of sp³-hybridized carbons (Fsp3) is 0.647. The first-order chi connectivity index (χ1) is 10.8. The van der Waals surface area contributed by atoms with E-state index < -0.39 is 0 Å². The molecule has 0 unspecified atom stereocenters. The van der Waals surface area contributed by atoms with E-state index in [1.807, 2.05) is 16.7 Å². The van der Waals surface area contributed by atoms with E-state index in [1.165, 1.54) is 11.5 Å². The lowest BCUT2D eigenvalue weighted by atomic mass is 10.1. The first-order valence-electron chi connectivity index (χ1n) is 7.99. The molecule has 1 fully saturated rings. The Balaban J connectivity index is 2.33. The van der Waals surface area contributed by atoms with Crippen molar-refractivity contribution < 1.29 is 4.79 Å². The van der Waals surface area contributed by atoms with Gasteiger partial charge in [-0.2, -0.15) is 4.37 Å². The molecule has 5 nitrogen and oxygen atoms in total. The molecular formula is C17H26N4OS. The molecule has 0 radical (unpaired) electrons. The van der Waals surface area contributed by atoms with Crippen LogP contribution < -0.4 is 4.90 Å². The molecule has 1 aliphatic heterocycles. The molecule has 1 saturated heterocycles. The van der Waals surface area contributed by atoms with Gasteiger partial charge in [-0.15, -0.1) is 12.3 Å². The summed E-state index contributed by atoms with van der Waals surface area (Å²) in [5.74, 6) is 2.69. The molecule has 0 bridgehead atoms. The van der Waals surface area contributed by atoms with Gasteiger partial charge in [-0.05, 0) is 45.6 Å². The third-order valence-electron chi connectivity index (χ3n) is 4.10. The van der Waals surface area contributed by atoms with Crippen molar-refractivity contribution in [2.24, 2.45) is 0 Å². The van der Waals surface area contributed by atoms with Crippen LogP contribution in [0.3, 0.4) is 0 Å². The number of hydrogen-bond acceptors (Lipinski definition) is 4. The summed E-state index contributed by atoms with van der Waals surface area (Å²) in [4.78, 5) is 19.0. The van der Waals surface area contributed by atoms with Crippen LogP contribution in [-0.4, -0.2) is 45.6 Å². The molecule has 0 atom stereocenters. The Labute approximate surface area is 143 Å². The maximum Gasteiger partial charge on any atom is 0.327 e. The van der Waals surface area contributed by atoms with Gasteiger partial charge in [0.15, 0.2) is 0 Å². The van der Waals surface area contributed by atoms with E-state index in [2.05, 4.69) is 42.9 Å². The topological polar surface area (TPSA) is 39.7 Å². The molecule has 23 heavy (non-hydrogen) atoms. The minimum Gasteiger partial charge on any atom is -0.306 e. The highest BCUT2D eigenvalue weighted by molar-refractivity contribution is 7.10. The van der Waals surface area contributed by atoms with Gasteiger partial charge in [0.1, 0.15) is 5.00 Å². The van der Waals surface area contributed by atoms with Crippen molar-refractivity contribution in [2.45, 2.75) is 53.0 Å². The summed E-state index contributed by atoms with van der Waals surface area (Å²) in [6.07, 6.45) is 6.97. The highest BCUT2D eigenvalue weighted by Gasteiger charge is 2.38. The minimum absolute atomic E-state index is 0.0452. The van der Waals surface area contributed by atoms with Crippen LogP contribution in [0.15, 0.2) is 0 Å².